The van der Waals surface area contributed by atoms with Crippen LogP contribution in [-0.2, 0) is 0 Å². The standard InChI is InChI=1S/C23H23F2N3O/c1-14-7-9-28(10-8-14)23(29)22-13-21(17-11-15(2)3-6-20(17)27-22)26-16-4-5-18(24)19(25)12-16/h3-6,11-14H,7-10H2,1-2H3,(H,26,27). The number of piperidine rings is 1. The topological polar surface area (TPSA) is 45.2 Å². The van der Waals surface area contributed by atoms with Gasteiger partial charge in [0.25, 0.3) is 5.91 Å². The highest BCUT2D eigenvalue weighted by Crippen LogP contribution is 2.29. The molecule has 29 heavy (non-hydrogen) atoms. The lowest BCUT2D eigenvalue weighted by molar-refractivity contribution is 0.0691. The monoisotopic (exact) mass is 395 g/mol. The van der Waals surface area contributed by atoms with Crippen molar-refractivity contribution in [2.45, 2.75) is 26.7 Å². The van der Waals surface area contributed by atoms with Gasteiger partial charge in [-0.3, -0.25) is 4.79 Å². The van der Waals surface area contributed by atoms with E-state index >= 15 is 0 Å². The Morgan fingerprint density at radius 3 is 2.55 bits per heavy atom. The Morgan fingerprint density at radius 1 is 1.07 bits per heavy atom. The molecule has 2 aromatic carbocycles. The van der Waals surface area contributed by atoms with E-state index in [4.69, 9.17) is 0 Å². The lowest BCUT2D eigenvalue weighted by Gasteiger charge is -2.30. The molecule has 1 aliphatic heterocycles. The van der Waals surface area contributed by atoms with E-state index in [0.717, 1.165) is 49.0 Å². The minimum atomic E-state index is -0.928. The third-order valence-corrected chi connectivity index (χ3v) is 5.45. The van der Waals surface area contributed by atoms with Crippen LogP contribution in [0.15, 0.2) is 42.5 Å². The van der Waals surface area contributed by atoms with E-state index in [0.29, 0.717) is 28.5 Å². The van der Waals surface area contributed by atoms with Gasteiger partial charge in [-0.25, -0.2) is 13.8 Å². The van der Waals surface area contributed by atoms with Crippen LogP contribution in [0.25, 0.3) is 10.9 Å². The molecule has 1 fully saturated rings. The van der Waals surface area contributed by atoms with Crippen molar-refractivity contribution >= 4 is 28.2 Å². The van der Waals surface area contributed by atoms with Crippen LogP contribution in [0.4, 0.5) is 20.2 Å². The minimum Gasteiger partial charge on any atom is -0.355 e. The zero-order valence-electron chi connectivity index (χ0n) is 16.5. The summed E-state index contributed by atoms with van der Waals surface area (Å²) in [5.41, 5.74) is 3.11. The molecule has 1 saturated heterocycles. The van der Waals surface area contributed by atoms with E-state index in [1.54, 1.807) is 6.07 Å². The molecule has 0 atom stereocenters. The van der Waals surface area contributed by atoms with E-state index in [-0.39, 0.29) is 5.91 Å². The van der Waals surface area contributed by atoms with Gasteiger partial charge >= 0.3 is 0 Å². The first kappa shape index (κ1) is 19.3. The van der Waals surface area contributed by atoms with Gasteiger partial charge in [-0.15, -0.1) is 0 Å². The van der Waals surface area contributed by atoms with Crippen molar-refractivity contribution in [3.63, 3.8) is 0 Å². The Labute approximate surface area is 168 Å². The van der Waals surface area contributed by atoms with Crippen molar-refractivity contribution in [3.8, 4) is 0 Å². The van der Waals surface area contributed by atoms with Gasteiger partial charge in [-0.05, 0) is 56.0 Å². The highest BCUT2D eigenvalue weighted by molar-refractivity contribution is 6.00. The molecule has 4 nitrogen and oxygen atoms in total. The number of pyridine rings is 1. The van der Waals surface area contributed by atoms with E-state index in [1.807, 2.05) is 30.0 Å². The summed E-state index contributed by atoms with van der Waals surface area (Å²) in [4.78, 5) is 19.5. The SMILES string of the molecule is Cc1ccc2nc(C(=O)N3CCC(C)CC3)cc(Nc3ccc(F)c(F)c3)c2c1. The van der Waals surface area contributed by atoms with Gasteiger partial charge in [0.2, 0.25) is 0 Å². The molecule has 1 aliphatic rings. The van der Waals surface area contributed by atoms with Gasteiger partial charge in [-0.1, -0.05) is 18.6 Å². The number of nitrogens with zero attached hydrogens (tertiary/aromatic N) is 2. The van der Waals surface area contributed by atoms with E-state index < -0.39 is 11.6 Å². The maximum atomic E-state index is 13.7. The van der Waals surface area contributed by atoms with Crippen molar-refractivity contribution in [1.82, 2.24) is 9.88 Å². The van der Waals surface area contributed by atoms with Crippen LogP contribution in [0.3, 0.4) is 0 Å². The number of halogens is 2. The Hall–Kier alpha value is -3.02. The summed E-state index contributed by atoms with van der Waals surface area (Å²) in [6, 6.07) is 11.1. The van der Waals surface area contributed by atoms with Crippen LogP contribution in [-0.4, -0.2) is 28.9 Å². The van der Waals surface area contributed by atoms with E-state index in [2.05, 4.69) is 17.2 Å². The number of carbonyl (C=O) groups is 1. The van der Waals surface area contributed by atoms with Gasteiger partial charge in [0, 0.05) is 30.2 Å². The Kier molecular flexibility index (Phi) is 5.18. The molecule has 0 bridgehead atoms. The molecule has 0 radical (unpaired) electrons. The lowest BCUT2D eigenvalue weighted by Crippen LogP contribution is -2.38. The maximum absolute atomic E-state index is 13.7. The van der Waals surface area contributed by atoms with Crippen LogP contribution in [0.2, 0.25) is 0 Å². The summed E-state index contributed by atoms with van der Waals surface area (Å²) in [7, 11) is 0. The predicted molar refractivity (Wildman–Crippen MR) is 110 cm³/mol. The number of likely N-dealkylation sites (tertiary alicyclic amines) is 1. The number of anilines is 2. The van der Waals surface area contributed by atoms with Gasteiger partial charge in [-0.2, -0.15) is 0 Å². The minimum absolute atomic E-state index is 0.104. The first-order valence-corrected chi connectivity index (χ1v) is 9.83. The lowest BCUT2D eigenvalue weighted by atomic mass is 9.99. The smallest absolute Gasteiger partial charge is 0.272 e. The molecule has 0 saturated carbocycles. The predicted octanol–water partition coefficient (Wildman–Crippen LogP) is 5.44. The summed E-state index contributed by atoms with van der Waals surface area (Å²) in [6.07, 6.45) is 1.97. The first-order chi connectivity index (χ1) is 13.9. The molecule has 1 aromatic heterocycles. The van der Waals surface area contributed by atoms with Crippen molar-refractivity contribution in [3.05, 3.63) is 65.4 Å². The van der Waals surface area contributed by atoms with Crippen molar-refractivity contribution in [2.75, 3.05) is 18.4 Å². The fraction of sp³-hybridized carbons (Fsp3) is 0.304. The molecule has 150 valence electrons. The largest absolute Gasteiger partial charge is 0.355 e. The van der Waals surface area contributed by atoms with Crippen molar-refractivity contribution in [1.29, 1.82) is 0 Å². The molecule has 3 aromatic rings. The fourth-order valence-electron chi connectivity index (χ4n) is 3.66. The Bertz CT molecular complexity index is 1080. The van der Waals surface area contributed by atoms with Gasteiger partial charge < -0.3 is 10.2 Å². The molecule has 2 heterocycles. The highest BCUT2D eigenvalue weighted by atomic mass is 19.2. The summed E-state index contributed by atoms with van der Waals surface area (Å²) in [6.45, 7) is 5.61. The molecular formula is C23H23F2N3O. The second-order valence-corrected chi connectivity index (χ2v) is 7.80. The van der Waals surface area contributed by atoms with Crippen molar-refractivity contribution < 1.29 is 13.6 Å². The summed E-state index contributed by atoms with van der Waals surface area (Å²) in [5.74, 6) is -1.31. The van der Waals surface area contributed by atoms with Crippen LogP contribution in [0.1, 0.15) is 35.8 Å². The number of hydrogen-bond acceptors (Lipinski definition) is 3. The number of carbonyl (C=O) groups excluding carboxylic acids is 1. The zero-order chi connectivity index (χ0) is 20.5. The molecular weight excluding hydrogens is 372 g/mol. The second kappa shape index (κ2) is 7.78. The fourth-order valence-corrected chi connectivity index (χ4v) is 3.66. The number of nitrogens with one attached hydrogen (secondary N) is 1. The van der Waals surface area contributed by atoms with E-state index in [9.17, 15) is 13.6 Å². The summed E-state index contributed by atoms with van der Waals surface area (Å²) < 4.78 is 26.9. The molecule has 6 heteroatoms. The van der Waals surface area contributed by atoms with Crippen LogP contribution >= 0.6 is 0 Å². The van der Waals surface area contributed by atoms with Crippen LogP contribution < -0.4 is 5.32 Å². The van der Waals surface area contributed by atoms with Crippen LogP contribution in [0.5, 0.6) is 0 Å². The number of amides is 1. The number of aromatic nitrogens is 1. The second-order valence-electron chi connectivity index (χ2n) is 7.80. The number of aryl methyl sites for hydroxylation is 1. The van der Waals surface area contributed by atoms with Gasteiger partial charge in [0.15, 0.2) is 11.6 Å². The highest BCUT2D eigenvalue weighted by Gasteiger charge is 2.23. The molecule has 1 amide bonds. The number of hydrogen-bond donors (Lipinski definition) is 1. The molecule has 0 spiro atoms. The van der Waals surface area contributed by atoms with Gasteiger partial charge in [0.05, 0.1) is 11.2 Å². The maximum Gasteiger partial charge on any atom is 0.272 e. The van der Waals surface area contributed by atoms with Crippen molar-refractivity contribution in [2.24, 2.45) is 5.92 Å². The summed E-state index contributed by atoms with van der Waals surface area (Å²) >= 11 is 0. The molecule has 0 unspecified atom stereocenters. The average Bonchev–Trinajstić information content (AvgIpc) is 2.71. The number of benzene rings is 2. The Balaban J connectivity index is 1.74. The third-order valence-electron chi connectivity index (χ3n) is 5.45. The van der Waals surface area contributed by atoms with Crippen LogP contribution in [0, 0.1) is 24.5 Å². The number of rotatable bonds is 3. The first-order valence-electron chi connectivity index (χ1n) is 9.83. The third kappa shape index (κ3) is 4.06. The molecule has 1 N–H and O–H groups in total. The average molecular weight is 395 g/mol. The molecule has 4 rings (SSSR count). The quantitative estimate of drug-likeness (QED) is 0.643. The summed E-state index contributed by atoms with van der Waals surface area (Å²) in [5, 5.41) is 3.95. The Morgan fingerprint density at radius 2 is 1.83 bits per heavy atom. The van der Waals surface area contributed by atoms with E-state index in [1.165, 1.54) is 6.07 Å². The molecule has 0 aliphatic carbocycles. The number of fused-ring (bicyclic) bond motifs is 1. The zero-order valence-corrected chi connectivity index (χ0v) is 16.5. The van der Waals surface area contributed by atoms with Gasteiger partial charge in [0.1, 0.15) is 5.69 Å². The normalized spacial score (nSPS) is 15.0.